The predicted molar refractivity (Wildman–Crippen MR) is 95.9 cm³/mol. The number of nitrogens with one attached hydrogen (secondary N) is 1. The van der Waals surface area contributed by atoms with Crippen LogP contribution in [-0.2, 0) is 0 Å². The van der Waals surface area contributed by atoms with E-state index in [1.807, 2.05) is 19.1 Å². The maximum atomic E-state index is 13.2. The Balaban J connectivity index is 1.80. The fourth-order valence-electron chi connectivity index (χ4n) is 2.18. The number of rotatable bonds is 3. The molecule has 1 amide bonds. The van der Waals surface area contributed by atoms with Crippen molar-refractivity contribution in [1.82, 2.24) is 0 Å². The lowest BCUT2D eigenvalue weighted by Gasteiger charge is -2.05. The Labute approximate surface area is 151 Å². The minimum Gasteiger partial charge on any atom is -0.451 e. The Hall–Kier alpha value is -2.11. The average Bonchev–Trinajstić information content (AvgIpc) is 3.04. The van der Waals surface area contributed by atoms with Gasteiger partial charge in [-0.05, 0) is 61.0 Å². The number of hydrogen-bond donors (Lipinski definition) is 1. The van der Waals surface area contributed by atoms with Crippen molar-refractivity contribution in [3.05, 3.63) is 75.2 Å². The highest BCUT2D eigenvalue weighted by molar-refractivity contribution is 9.10. The summed E-state index contributed by atoms with van der Waals surface area (Å²) in [6.45, 7) is 1.93. The molecule has 0 saturated heterocycles. The van der Waals surface area contributed by atoms with Crippen LogP contribution in [0.4, 0.5) is 10.1 Å². The molecule has 2 aromatic carbocycles. The maximum Gasteiger partial charge on any atom is 0.291 e. The highest BCUT2D eigenvalue weighted by Gasteiger charge is 2.14. The molecule has 0 radical (unpaired) electrons. The van der Waals surface area contributed by atoms with E-state index in [-0.39, 0.29) is 16.7 Å². The smallest absolute Gasteiger partial charge is 0.291 e. The van der Waals surface area contributed by atoms with Crippen molar-refractivity contribution < 1.29 is 13.6 Å². The van der Waals surface area contributed by atoms with Crippen LogP contribution >= 0.6 is 27.5 Å². The Bertz CT molecular complexity index is 923. The number of hydrogen-bond acceptors (Lipinski definition) is 2. The highest BCUT2D eigenvalue weighted by atomic mass is 79.9. The van der Waals surface area contributed by atoms with Gasteiger partial charge in [0.05, 0.1) is 5.02 Å². The summed E-state index contributed by atoms with van der Waals surface area (Å²) in [4.78, 5) is 12.3. The summed E-state index contributed by atoms with van der Waals surface area (Å²) in [5.74, 6) is -0.271. The van der Waals surface area contributed by atoms with Crippen molar-refractivity contribution in [2.45, 2.75) is 6.92 Å². The van der Waals surface area contributed by atoms with Crippen LogP contribution in [0.25, 0.3) is 11.3 Å². The van der Waals surface area contributed by atoms with Crippen molar-refractivity contribution in [2.24, 2.45) is 0 Å². The van der Waals surface area contributed by atoms with Gasteiger partial charge < -0.3 is 9.73 Å². The summed E-state index contributed by atoms with van der Waals surface area (Å²) in [5.41, 5.74) is 2.28. The molecule has 0 unspecified atom stereocenters. The molecule has 3 rings (SSSR count). The Kier molecular flexibility index (Phi) is 4.73. The number of furan rings is 1. The van der Waals surface area contributed by atoms with Crippen molar-refractivity contribution in [3.8, 4) is 11.3 Å². The van der Waals surface area contributed by atoms with Gasteiger partial charge in [0.25, 0.3) is 5.91 Å². The van der Waals surface area contributed by atoms with E-state index in [1.165, 1.54) is 12.1 Å². The first-order valence-electron chi connectivity index (χ1n) is 7.07. The van der Waals surface area contributed by atoms with Crippen LogP contribution in [0.3, 0.4) is 0 Å². The highest BCUT2D eigenvalue weighted by Crippen LogP contribution is 2.27. The molecule has 1 N–H and O–H groups in total. The first-order valence-corrected chi connectivity index (χ1v) is 8.24. The second-order valence-corrected chi connectivity index (χ2v) is 6.47. The molecule has 0 aliphatic rings. The molecule has 0 aliphatic heterocycles. The molecule has 0 saturated carbocycles. The van der Waals surface area contributed by atoms with Gasteiger partial charge >= 0.3 is 0 Å². The van der Waals surface area contributed by atoms with Crippen LogP contribution in [0.5, 0.6) is 0 Å². The Morgan fingerprint density at radius 3 is 2.67 bits per heavy atom. The molecule has 0 bridgehead atoms. The summed E-state index contributed by atoms with van der Waals surface area (Å²) in [6.07, 6.45) is 0. The summed E-state index contributed by atoms with van der Waals surface area (Å²) in [7, 11) is 0. The number of carbonyl (C=O) groups excluding carboxylic acids is 1. The largest absolute Gasteiger partial charge is 0.451 e. The van der Waals surface area contributed by atoms with Gasteiger partial charge in [0.2, 0.25) is 0 Å². The average molecular weight is 409 g/mol. The van der Waals surface area contributed by atoms with Gasteiger partial charge in [-0.3, -0.25) is 4.79 Å². The molecule has 0 fully saturated rings. The molecule has 0 atom stereocenters. The molecular formula is C18H12BrClFNO2. The topological polar surface area (TPSA) is 42.2 Å². The summed E-state index contributed by atoms with van der Waals surface area (Å²) in [6, 6.07) is 13.0. The van der Waals surface area contributed by atoms with Crippen LogP contribution in [0.1, 0.15) is 16.1 Å². The van der Waals surface area contributed by atoms with Crippen molar-refractivity contribution in [2.75, 3.05) is 5.32 Å². The second kappa shape index (κ2) is 6.79. The first kappa shape index (κ1) is 16.7. The van der Waals surface area contributed by atoms with E-state index in [2.05, 4.69) is 21.2 Å². The van der Waals surface area contributed by atoms with Gasteiger partial charge in [-0.2, -0.15) is 0 Å². The number of carbonyl (C=O) groups is 1. The molecule has 6 heteroatoms. The van der Waals surface area contributed by atoms with Gasteiger partial charge in [0, 0.05) is 15.7 Å². The zero-order valence-electron chi connectivity index (χ0n) is 12.6. The number of benzene rings is 2. The zero-order valence-corrected chi connectivity index (χ0v) is 14.9. The lowest BCUT2D eigenvalue weighted by molar-refractivity contribution is 0.0997. The molecule has 1 aromatic heterocycles. The first-order chi connectivity index (χ1) is 11.4. The van der Waals surface area contributed by atoms with Crippen molar-refractivity contribution in [1.29, 1.82) is 0 Å². The summed E-state index contributed by atoms with van der Waals surface area (Å²) >= 11 is 9.18. The van der Waals surface area contributed by atoms with Gasteiger partial charge in [-0.15, -0.1) is 0 Å². The van der Waals surface area contributed by atoms with Gasteiger partial charge in [0.15, 0.2) is 5.76 Å². The molecule has 122 valence electrons. The third-order valence-electron chi connectivity index (χ3n) is 3.45. The van der Waals surface area contributed by atoms with Crippen molar-refractivity contribution >= 4 is 39.1 Å². The maximum absolute atomic E-state index is 13.2. The number of anilines is 1. The van der Waals surface area contributed by atoms with Crippen LogP contribution in [0.15, 0.2) is 57.4 Å². The van der Waals surface area contributed by atoms with E-state index in [4.69, 9.17) is 16.0 Å². The standard InChI is InChI=1S/C18H12BrClFNO2/c1-10-8-12(3-4-13(10)19)22-18(23)17-7-6-16(24-17)11-2-5-15(21)14(20)9-11/h2-9H,1H3,(H,22,23). The molecule has 24 heavy (non-hydrogen) atoms. The van der Waals surface area contributed by atoms with Crippen molar-refractivity contribution in [3.63, 3.8) is 0 Å². The monoisotopic (exact) mass is 407 g/mol. The second-order valence-electron chi connectivity index (χ2n) is 5.21. The fraction of sp³-hybridized carbons (Fsp3) is 0.0556. The third kappa shape index (κ3) is 3.52. The number of amides is 1. The number of aryl methyl sites for hydroxylation is 1. The normalized spacial score (nSPS) is 10.7. The number of halogens is 3. The minimum absolute atomic E-state index is 0.000221. The van der Waals surface area contributed by atoms with E-state index < -0.39 is 5.82 Å². The molecular weight excluding hydrogens is 397 g/mol. The molecule has 3 aromatic rings. The van der Waals surface area contributed by atoms with E-state index in [0.29, 0.717) is 17.0 Å². The molecule has 0 spiro atoms. The lowest BCUT2D eigenvalue weighted by atomic mass is 10.2. The van der Waals surface area contributed by atoms with Crippen LogP contribution in [-0.4, -0.2) is 5.91 Å². The van der Waals surface area contributed by atoms with Crippen LogP contribution in [0.2, 0.25) is 5.02 Å². The van der Waals surface area contributed by atoms with Gasteiger partial charge in [-0.25, -0.2) is 4.39 Å². The minimum atomic E-state index is -0.504. The van der Waals surface area contributed by atoms with E-state index in [0.717, 1.165) is 10.0 Å². The van der Waals surface area contributed by atoms with Gasteiger partial charge in [-0.1, -0.05) is 27.5 Å². The Morgan fingerprint density at radius 2 is 1.96 bits per heavy atom. The quantitative estimate of drug-likeness (QED) is 0.572. The van der Waals surface area contributed by atoms with E-state index >= 15 is 0 Å². The van der Waals surface area contributed by atoms with E-state index in [1.54, 1.807) is 24.3 Å². The zero-order chi connectivity index (χ0) is 17.3. The lowest BCUT2D eigenvalue weighted by Crippen LogP contribution is -2.10. The van der Waals surface area contributed by atoms with Crippen LogP contribution < -0.4 is 5.32 Å². The summed E-state index contributed by atoms with van der Waals surface area (Å²) in [5, 5.41) is 2.77. The molecule has 1 heterocycles. The molecule has 0 aliphatic carbocycles. The summed E-state index contributed by atoms with van der Waals surface area (Å²) < 4.78 is 19.7. The SMILES string of the molecule is Cc1cc(NC(=O)c2ccc(-c3ccc(F)c(Cl)c3)o2)ccc1Br. The van der Waals surface area contributed by atoms with E-state index in [9.17, 15) is 9.18 Å². The third-order valence-corrected chi connectivity index (χ3v) is 4.63. The molecule has 3 nitrogen and oxygen atoms in total. The Morgan fingerprint density at radius 1 is 1.17 bits per heavy atom. The van der Waals surface area contributed by atoms with Gasteiger partial charge in [0.1, 0.15) is 11.6 Å². The fourth-order valence-corrected chi connectivity index (χ4v) is 2.61. The van der Waals surface area contributed by atoms with Crippen LogP contribution in [0, 0.1) is 12.7 Å². The predicted octanol–water partition coefficient (Wildman–Crippen LogP) is 6.06.